The molecule has 0 atom stereocenters. The number of amides is 1. The highest BCUT2D eigenvalue weighted by Gasteiger charge is 2.19. The zero-order valence-corrected chi connectivity index (χ0v) is 10.7. The molecule has 0 unspecified atom stereocenters. The zero-order valence-electron chi connectivity index (χ0n) is 10.7. The first-order valence-electron chi connectivity index (χ1n) is 5.80. The van der Waals surface area contributed by atoms with Crippen molar-refractivity contribution < 1.29 is 18.6 Å². The number of ether oxygens (including phenoxy) is 1. The molecule has 1 amide bonds. The molecule has 0 aliphatic rings. The van der Waals surface area contributed by atoms with Crippen LogP contribution in [-0.4, -0.2) is 41.3 Å². The van der Waals surface area contributed by atoms with E-state index >= 15 is 0 Å². The Morgan fingerprint density at radius 3 is 2.70 bits per heavy atom. The van der Waals surface area contributed by atoms with Crippen LogP contribution < -0.4 is 10.5 Å². The van der Waals surface area contributed by atoms with Crippen molar-refractivity contribution in [1.82, 2.24) is 15.2 Å². The predicted molar refractivity (Wildman–Crippen MR) is 67.6 cm³/mol. The van der Waals surface area contributed by atoms with Gasteiger partial charge in [0.1, 0.15) is 18.2 Å². The van der Waals surface area contributed by atoms with E-state index in [-0.39, 0.29) is 23.9 Å². The van der Waals surface area contributed by atoms with Crippen molar-refractivity contribution >= 4 is 11.7 Å². The van der Waals surface area contributed by atoms with Gasteiger partial charge in [-0.3, -0.25) is 4.79 Å². The van der Waals surface area contributed by atoms with Crippen molar-refractivity contribution in [3.8, 4) is 5.75 Å². The van der Waals surface area contributed by atoms with Gasteiger partial charge in [-0.25, -0.2) is 9.02 Å². The van der Waals surface area contributed by atoms with Crippen molar-refractivity contribution in [3.05, 3.63) is 35.8 Å². The summed E-state index contributed by atoms with van der Waals surface area (Å²) in [5, 5.41) is 6.76. The molecule has 20 heavy (non-hydrogen) atoms. The van der Waals surface area contributed by atoms with Crippen LogP contribution >= 0.6 is 0 Å². The number of nitrogens with two attached hydrogens (primary N) is 1. The molecule has 2 rings (SSSR count). The number of aromatic nitrogens is 2. The highest BCUT2D eigenvalue weighted by molar-refractivity contribution is 5.95. The second-order valence-corrected chi connectivity index (χ2v) is 4.03. The molecule has 0 spiro atoms. The van der Waals surface area contributed by atoms with Crippen molar-refractivity contribution in [3.63, 3.8) is 0 Å². The largest absolute Gasteiger partial charge is 0.492 e. The molecule has 2 aromatic rings. The lowest BCUT2D eigenvalue weighted by molar-refractivity contribution is 0.0763. The van der Waals surface area contributed by atoms with Crippen LogP contribution in [0.2, 0.25) is 0 Å². The van der Waals surface area contributed by atoms with Gasteiger partial charge in [-0.15, -0.1) is 0 Å². The monoisotopic (exact) mass is 280 g/mol. The van der Waals surface area contributed by atoms with E-state index in [1.165, 1.54) is 29.2 Å². The second-order valence-electron chi connectivity index (χ2n) is 4.03. The molecule has 1 heterocycles. The lowest BCUT2D eigenvalue weighted by Crippen LogP contribution is -2.31. The SMILES string of the molecule is CN(CCOc1ccc(F)cc1)C(=O)c1nonc1N. The van der Waals surface area contributed by atoms with Crippen LogP contribution in [0, 0.1) is 5.82 Å². The second kappa shape index (κ2) is 6.00. The molecular formula is C12H13FN4O3. The Labute approximate surface area is 114 Å². The Bertz CT molecular complexity index is 585. The van der Waals surface area contributed by atoms with Gasteiger partial charge in [-0.1, -0.05) is 0 Å². The fraction of sp³-hybridized carbons (Fsp3) is 0.250. The van der Waals surface area contributed by atoms with E-state index in [1.807, 2.05) is 0 Å². The van der Waals surface area contributed by atoms with Crippen molar-refractivity contribution in [1.29, 1.82) is 0 Å². The lowest BCUT2D eigenvalue weighted by atomic mass is 10.3. The molecule has 0 saturated heterocycles. The van der Waals surface area contributed by atoms with Crippen LogP contribution in [0.25, 0.3) is 0 Å². The lowest BCUT2D eigenvalue weighted by Gasteiger charge is -2.16. The fourth-order valence-electron chi connectivity index (χ4n) is 1.46. The van der Waals surface area contributed by atoms with Gasteiger partial charge in [0, 0.05) is 7.05 Å². The van der Waals surface area contributed by atoms with Gasteiger partial charge in [0.15, 0.2) is 0 Å². The van der Waals surface area contributed by atoms with Gasteiger partial charge in [0.2, 0.25) is 11.5 Å². The number of likely N-dealkylation sites (N-methyl/N-ethyl adjacent to an activating group) is 1. The van der Waals surface area contributed by atoms with E-state index in [1.54, 1.807) is 7.05 Å². The average molecular weight is 280 g/mol. The number of carbonyl (C=O) groups is 1. The molecule has 106 valence electrons. The Morgan fingerprint density at radius 1 is 1.40 bits per heavy atom. The molecule has 7 nitrogen and oxygen atoms in total. The summed E-state index contributed by atoms with van der Waals surface area (Å²) in [6.07, 6.45) is 0. The Kier molecular flexibility index (Phi) is 4.14. The molecule has 0 fully saturated rings. The highest BCUT2D eigenvalue weighted by Crippen LogP contribution is 2.11. The molecule has 1 aromatic carbocycles. The number of carbonyl (C=O) groups excluding carboxylic acids is 1. The maximum absolute atomic E-state index is 12.7. The summed E-state index contributed by atoms with van der Waals surface area (Å²) in [4.78, 5) is 13.3. The van der Waals surface area contributed by atoms with Crippen LogP contribution in [0.5, 0.6) is 5.75 Å². The molecule has 0 bridgehead atoms. The fourth-order valence-corrected chi connectivity index (χ4v) is 1.46. The van der Waals surface area contributed by atoms with Crippen LogP contribution in [-0.2, 0) is 0 Å². The molecule has 0 saturated carbocycles. The number of halogens is 1. The minimum Gasteiger partial charge on any atom is -0.492 e. The van der Waals surface area contributed by atoms with E-state index < -0.39 is 5.91 Å². The van der Waals surface area contributed by atoms with Crippen LogP contribution in [0.15, 0.2) is 28.9 Å². The Morgan fingerprint density at radius 2 is 2.10 bits per heavy atom. The quantitative estimate of drug-likeness (QED) is 0.876. The topological polar surface area (TPSA) is 94.5 Å². The normalized spacial score (nSPS) is 10.3. The number of benzene rings is 1. The minimum absolute atomic E-state index is 0.0331. The third-order valence-electron chi connectivity index (χ3n) is 2.57. The van der Waals surface area contributed by atoms with Crippen LogP contribution in [0.4, 0.5) is 10.2 Å². The zero-order chi connectivity index (χ0) is 14.5. The average Bonchev–Trinajstić information content (AvgIpc) is 2.86. The van der Waals surface area contributed by atoms with Crippen molar-refractivity contribution in [2.24, 2.45) is 0 Å². The third kappa shape index (κ3) is 3.22. The van der Waals surface area contributed by atoms with Crippen LogP contribution in [0.1, 0.15) is 10.5 Å². The first-order chi connectivity index (χ1) is 9.58. The summed E-state index contributed by atoms with van der Waals surface area (Å²) in [6.45, 7) is 0.557. The summed E-state index contributed by atoms with van der Waals surface area (Å²) < 4.78 is 22.4. The number of nitrogen functional groups attached to an aromatic ring is 1. The summed E-state index contributed by atoms with van der Waals surface area (Å²) in [5.74, 6) is -0.277. The minimum atomic E-state index is -0.411. The van der Waals surface area contributed by atoms with E-state index in [2.05, 4.69) is 14.9 Å². The van der Waals surface area contributed by atoms with Gasteiger partial charge in [-0.05, 0) is 34.6 Å². The number of nitrogens with zero attached hydrogens (tertiary/aromatic N) is 3. The number of hydrogen-bond donors (Lipinski definition) is 1. The van der Waals surface area contributed by atoms with Gasteiger partial charge in [0.25, 0.3) is 5.91 Å². The Balaban J connectivity index is 1.83. The van der Waals surface area contributed by atoms with Gasteiger partial charge in [-0.2, -0.15) is 0 Å². The van der Waals surface area contributed by atoms with E-state index in [0.717, 1.165) is 0 Å². The molecule has 1 aromatic heterocycles. The molecule has 0 aliphatic carbocycles. The van der Waals surface area contributed by atoms with Crippen molar-refractivity contribution in [2.45, 2.75) is 0 Å². The number of anilines is 1. The van der Waals surface area contributed by atoms with Crippen LogP contribution in [0.3, 0.4) is 0 Å². The van der Waals surface area contributed by atoms with E-state index in [4.69, 9.17) is 10.5 Å². The molecule has 0 radical (unpaired) electrons. The number of rotatable bonds is 5. The first kappa shape index (κ1) is 13.8. The van der Waals surface area contributed by atoms with Gasteiger partial charge < -0.3 is 15.4 Å². The van der Waals surface area contributed by atoms with Crippen molar-refractivity contribution in [2.75, 3.05) is 25.9 Å². The molecular weight excluding hydrogens is 267 g/mol. The van der Waals surface area contributed by atoms with Gasteiger partial charge >= 0.3 is 0 Å². The molecule has 0 aliphatic heterocycles. The predicted octanol–water partition coefficient (Wildman–Crippen LogP) is 0.942. The standard InChI is InChI=1S/C12H13FN4O3/c1-17(12(18)10-11(14)16-20-15-10)6-7-19-9-4-2-8(13)3-5-9/h2-5H,6-7H2,1H3,(H2,14,16). The van der Waals surface area contributed by atoms with E-state index in [0.29, 0.717) is 12.3 Å². The Hall–Kier alpha value is -2.64. The van der Waals surface area contributed by atoms with E-state index in [9.17, 15) is 9.18 Å². The summed E-state index contributed by atoms with van der Waals surface area (Å²) in [7, 11) is 1.57. The summed E-state index contributed by atoms with van der Waals surface area (Å²) in [5.41, 5.74) is 5.40. The smallest absolute Gasteiger partial charge is 0.279 e. The van der Waals surface area contributed by atoms with Gasteiger partial charge in [0.05, 0.1) is 6.54 Å². The summed E-state index contributed by atoms with van der Waals surface area (Å²) in [6, 6.07) is 5.62. The summed E-state index contributed by atoms with van der Waals surface area (Å²) >= 11 is 0. The maximum atomic E-state index is 12.7. The molecule has 2 N–H and O–H groups in total. The number of hydrogen-bond acceptors (Lipinski definition) is 6. The maximum Gasteiger partial charge on any atom is 0.279 e. The highest BCUT2D eigenvalue weighted by atomic mass is 19.1. The first-order valence-corrected chi connectivity index (χ1v) is 5.80. The molecule has 8 heteroatoms. The third-order valence-corrected chi connectivity index (χ3v) is 2.57.